The molecule has 1 heterocycles. The molecule has 0 atom stereocenters. The second-order valence-corrected chi connectivity index (χ2v) is 6.58. The van der Waals surface area contributed by atoms with E-state index in [0.717, 1.165) is 27.3 Å². The van der Waals surface area contributed by atoms with E-state index in [0.29, 0.717) is 0 Å². The zero-order chi connectivity index (χ0) is 16.2. The van der Waals surface area contributed by atoms with Gasteiger partial charge in [-0.05, 0) is 52.4 Å². The molecule has 0 fully saturated rings. The van der Waals surface area contributed by atoms with E-state index in [4.69, 9.17) is 11.6 Å². The number of benzene rings is 2. The molecule has 0 amide bonds. The number of rotatable bonds is 5. The molecule has 0 aliphatic carbocycles. The first kappa shape index (κ1) is 15.8. The van der Waals surface area contributed by atoms with E-state index >= 15 is 0 Å². The molecular weight excluding hydrogens is 330 g/mol. The van der Waals surface area contributed by atoms with Crippen molar-refractivity contribution in [3.8, 4) is 5.69 Å². The third-order valence-electron chi connectivity index (χ3n) is 3.33. The van der Waals surface area contributed by atoms with Crippen molar-refractivity contribution in [3.05, 3.63) is 59.1 Å². The molecule has 0 aliphatic heterocycles. The van der Waals surface area contributed by atoms with Crippen LogP contribution in [0.15, 0.2) is 53.7 Å². The Hall–Kier alpha value is -2.05. The van der Waals surface area contributed by atoms with Crippen LogP contribution in [0.4, 0.5) is 5.69 Å². The fourth-order valence-corrected chi connectivity index (χ4v) is 3.02. The Balaban J connectivity index is 1.75. The Morgan fingerprint density at radius 2 is 1.74 bits per heavy atom. The molecule has 1 aromatic heterocycles. The van der Waals surface area contributed by atoms with Crippen molar-refractivity contribution in [2.24, 2.45) is 0 Å². The van der Waals surface area contributed by atoms with Crippen LogP contribution in [0.5, 0.6) is 0 Å². The number of hydrogen-bond acceptors (Lipinski definition) is 5. The SMILES string of the molecule is CN(C)c1ccc(-n2nnnc2SCc2ccc(Cl)cc2)cc1. The van der Waals surface area contributed by atoms with E-state index in [2.05, 4.69) is 20.4 Å². The van der Waals surface area contributed by atoms with Gasteiger partial charge in [-0.3, -0.25) is 0 Å². The van der Waals surface area contributed by atoms with E-state index in [1.807, 2.05) is 62.6 Å². The van der Waals surface area contributed by atoms with Crippen LogP contribution in [-0.4, -0.2) is 34.3 Å². The van der Waals surface area contributed by atoms with Gasteiger partial charge in [0.05, 0.1) is 5.69 Å². The second-order valence-electron chi connectivity index (χ2n) is 5.20. The summed E-state index contributed by atoms with van der Waals surface area (Å²) >= 11 is 7.50. The summed E-state index contributed by atoms with van der Waals surface area (Å²) < 4.78 is 1.75. The van der Waals surface area contributed by atoms with Gasteiger partial charge in [-0.15, -0.1) is 5.10 Å². The predicted molar refractivity (Wildman–Crippen MR) is 94.5 cm³/mol. The van der Waals surface area contributed by atoms with Crippen molar-refractivity contribution in [1.29, 1.82) is 0 Å². The maximum absolute atomic E-state index is 5.90. The number of anilines is 1. The van der Waals surface area contributed by atoms with Crippen LogP contribution in [0.3, 0.4) is 0 Å². The molecule has 0 saturated carbocycles. The maximum Gasteiger partial charge on any atom is 0.214 e. The van der Waals surface area contributed by atoms with Gasteiger partial charge < -0.3 is 4.90 Å². The van der Waals surface area contributed by atoms with Crippen molar-refractivity contribution in [2.75, 3.05) is 19.0 Å². The Bertz CT molecular complexity index is 768. The van der Waals surface area contributed by atoms with Gasteiger partial charge in [0.25, 0.3) is 0 Å². The monoisotopic (exact) mass is 345 g/mol. The van der Waals surface area contributed by atoms with Gasteiger partial charge in [-0.1, -0.05) is 35.5 Å². The van der Waals surface area contributed by atoms with E-state index in [1.165, 1.54) is 5.56 Å². The molecule has 0 radical (unpaired) electrons. The lowest BCUT2D eigenvalue weighted by Crippen LogP contribution is -2.08. The summed E-state index contributed by atoms with van der Waals surface area (Å²) in [6, 6.07) is 15.9. The highest BCUT2D eigenvalue weighted by atomic mass is 35.5. The highest BCUT2D eigenvalue weighted by Crippen LogP contribution is 2.24. The minimum Gasteiger partial charge on any atom is -0.378 e. The molecule has 0 aliphatic rings. The standard InChI is InChI=1S/C16H16ClN5S/c1-21(2)14-7-9-15(10-8-14)22-16(18-19-20-22)23-11-12-3-5-13(17)6-4-12/h3-10H,11H2,1-2H3. The van der Waals surface area contributed by atoms with Crippen molar-refractivity contribution in [2.45, 2.75) is 10.9 Å². The first-order valence-electron chi connectivity index (χ1n) is 7.07. The van der Waals surface area contributed by atoms with E-state index in [1.54, 1.807) is 16.4 Å². The molecule has 5 nitrogen and oxygen atoms in total. The Kier molecular flexibility index (Phi) is 4.83. The summed E-state index contributed by atoms with van der Waals surface area (Å²) in [6.45, 7) is 0. The van der Waals surface area contributed by atoms with Crippen molar-refractivity contribution >= 4 is 29.1 Å². The van der Waals surface area contributed by atoms with Gasteiger partial charge in [-0.25, -0.2) is 0 Å². The number of hydrogen-bond donors (Lipinski definition) is 0. The van der Waals surface area contributed by atoms with Gasteiger partial charge in [0.15, 0.2) is 0 Å². The average molecular weight is 346 g/mol. The Morgan fingerprint density at radius 3 is 2.39 bits per heavy atom. The molecular formula is C16H16ClN5S. The first-order chi connectivity index (χ1) is 11.1. The van der Waals surface area contributed by atoms with Crippen molar-refractivity contribution < 1.29 is 0 Å². The van der Waals surface area contributed by atoms with Gasteiger partial charge in [0.1, 0.15) is 0 Å². The van der Waals surface area contributed by atoms with Crippen LogP contribution < -0.4 is 4.90 Å². The summed E-state index contributed by atoms with van der Waals surface area (Å²) in [7, 11) is 4.03. The highest BCUT2D eigenvalue weighted by Gasteiger charge is 2.09. The number of tetrazole rings is 1. The quantitative estimate of drug-likeness (QED) is 0.660. The van der Waals surface area contributed by atoms with Crippen molar-refractivity contribution in [3.63, 3.8) is 0 Å². The van der Waals surface area contributed by atoms with Gasteiger partial charge >= 0.3 is 0 Å². The van der Waals surface area contributed by atoms with E-state index in [-0.39, 0.29) is 0 Å². The minimum absolute atomic E-state index is 0.740. The molecule has 0 N–H and O–H groups in total. The summed E-state index contributed by atoms with van der Waals surface area (Å²) in [5, 5.41) is 13.5. The van der Waals surface area contributed by atoms with Crippen LogP contribution in [0.25, 0.3) is 5.69 Å². The zero-order valence-electron chi connectivity index (χ0n) is 12.8. The summed E-state index contributed by atoms with van der Waals surface area (Å²) in [5.74, 6) is 0.785. The van der Waals surface area contributed by atoms with E-state index in [9.17, 15) is 0 Å². The third-order valence-corrected chi connectivity index (χ3v) is 4.58. The topological polar surface area (TPSA) is 46.8 Å². The zero-order valence-corrected chi connectivity index (χ0v) is 14.4. The minimum atomic E-state index is 0.740. The first-order valence-corrected chi connectivity index (χ1v) is 8.43. The molecule has 23 heavy (non-hydrogen) atoms. The fourth-order valence-electron chi connectivity index (χ4n) is 2.05. The Labute approximate surface area is 144 Å². The smallest absolute Gasteiger partial charge is 0.214 e. The number of aromatic nitrogens is 4. The summed E-state index contributed by atoms with van der Waals surface area (Å²) in [5.41, 5.74) is 3.26. The van der Waals surface area contributed by atoms with Crippen LogP contribution in [0.2, 0.25) is 5.02 Å². The number of halogens is 1. The molecule has 0 spiro atoms. The molecule has 0 unspecified atom stereocenters. The number of nitrogens with zero attached hydrogens (tertiary/aromatic N) is 5. The lowest BCUT2D eigenvalue weighted by molar-refractivity contribution is 0.756. The van der Waals surface area contributed by atoms with Crippen LogP contribution in [0, 0.1) is 0 Å². The molecule has 7 heteroatoms. The van der Waals surface area contributed by atoms with Gasteiger partial charge in [-0.2, -0.15) is 4.68 Å². The van der Waals surface area contributed by atoms with Crippen LogP contribution >= 0.6 is 23.4 Å². The number of thioether (sulfide) groups is 1. The summed E-state index contributed by atoms with van der Waals surface area (Å²) in [4.78, 5) is 2.06. The largest absolute Gasteiger partial charge is 0.378 e. The lowest BCUT2D eigenvalue weighted by Gasteiger charge is -2.12. The predicted octanol–water partition coefficient (Wildman–Crippen LogP) is 3.67. The van der Waals surface area contributed by atoms with Crippen molar-refractivity contribution in [1.82, 2.24) is 20.2 Å². The molecule has 118 valence electrons. The fraction of sp³-hybridized carbons (Fsp3) is 0.188. The molecule has 2 aromatic carbocycles. The molecule has 3 rings (SSSR count). The Morgan fingerprint density at radius 1 is 1.04 bits per heavy atom. The molecule has 0 bridgehead atoms. The van der Waals surface area contributed by atoms with Crippen LogP contribution in [0.1, 0.15) is 5.56 Å². The molecule has 3 aromatic rings. The normalized spacial score (nSPS) is 10.7. The lowest BCUT2D eigenvalue weighted by atomic mass is 10.2. The van der Waals surface area contributed by atoms with E-state index < -0.39 is 0 Å². The highest BCUT2D eigenvalue weighted by molar-refractivity contribution is 7.98. The maximum atomic E-state index is 5.90. The average Bonchev–Trinajstić information content (AvgIpc) is 3.03. The summed E-state index contributed by atoms with van der Waals surface area (Å²) in [6.07, 6.45) is 0. The third kappa shape index (κ3) is 3.83. The van der Waals surface area contributed by atoms with Gasteiger partial charge in [0.2, 0.25) is 5.16 Å². The molecule has 0 saturated heterocycles. The second kappa shape index (κ2) is 7.02. The van der Waals surface area contributed by atoms with Gasteiger partial charge in [0, 0.05) is 30.6 Å². The van der Waals surface area contributed by atoms with Crippen LogP contribution in [-0.2, 0) is 5.75 Å².